The Morgan fingerprint density at radius 2 is 1.33 bits per heavy atom. The van der Waals surface area contributed by atoms with Gasteiger partial charge in [0.2, 0.25) is 0 Å². The van der Waals surface area contributed by atoms with Crippen molar-refractivity contribution >= 4 is 0 Å². The number of hydrogen-bond donors (Lipinski definition) is 1. The third-order valence-electron chi connectivity index (χ3n) is 6.41. The fourth-order valence-corrected chi connectivity index (χ4v) is 4.52. The van der Waals surface area contributed by atoms with Crippen LogP contribution in [0.25, 0.3) is 0 Å². The van der Waals surface area contributed by atoms with E-state index in [9.17, 15) is 5.11 Å². The molecule has 0 saturated heterocycles. The number of aliphatic hydroxyl groups excluding tert-OH is 1. The van der Waals surface area contributed by atoms with Gasteiger partial charge in [0.25, 0.3) is 0 Å². The predicted molar refractivity (Wildman–Crippen MR) is 77.5 cm³/mol. The van der Waals surface area contributed by atoms with Crippen molar-refractivity contribution in [3.05, 3.63) is 0 Å². The number of rotatable bonds is 4. The minimum Gasteiger partial charge on any atom is -0.396 e. The van der Waals surface area contributed by atoms with Gasteiger partial charge in [0.1, 0.15) is 0 Å². The molecule has 0 heterocycles. The van der Waals surface area contributed by atoms with E-state index in [1.165, 1.54) is 64.2 Å². The molecule has 0 aliphatic heterocycles. The van der Waals surface area contributed by atoms with Crippen molar-refractivity contribution in [2.24, 2.45) is 23.2 Å². The second-order valence-electron chi connectivity index (χ2n) is 7.01. The van der Waals surface area contributed by atoms with E-state index in [0.29, 0.717) is 17.9 Å². The van der Waals surface area contributed by atoms with Crippen LogP contribution in [0.3, 0.4) is 0 Å². The minimum absolute atomic E-state index is 0.423. The summed E-state index contributed by atoms with van der Waals surface area (Å²) in [6, 6.07) is 0. The van der Waals surface area contributed by atoms with Crippen molar-refractivity contribution in [2.75, 3.05) is 6.61 Å². The van der Waals surface area contributed by atoms with E-state index in [4.69, 9.17) is 0 Å². The maximum atomic E-state index is 9.22. The molecular formula is C17H32O. The SMILES string of the molecule is CCC1(CC)CCC(C2CCC(CO)CC2)CC1. The normalized spacial score (nSPS) is 33.5. The lowest BCUT2D eigenvalue weighted by molar-refractivity contribution is 0.0774. The van der Waals surface area contributed by atoms with E-state index < -0.39 is 0 Å². The molecule has 1 N–H and O–H groups in total. The Bertz CT molecular complexity index is 226. The molecule has 0 aromatic rings. The van der Waals surface area contributed by atoms with Crippen molar-refractivity contribution in [2.45, 2.75) is 78.1 Å². The van der Waals surface area contributed by atoms with Gasteiger partial charge >= 0.3 is 0 Å². The zero-order valence-corrected chi connectivity index (χ0v) is 12.5. The second-order valence-corrected chi connectivity index (χ2v) is 7.01. The molecule has 106 valence electrons. The minimum atomic E-state index is 0.423. The fraction of sp³-hybridized carbons (Fsp3) is 1.00. The second kappa shape index (κ2) is 6.41. The van der Waals surface area contributed by atoms with E-state index in [1.54, 1.807) is 0 Å². The number of aliphatic hydroxyl groups is 1. The Hall–Kier alpha value is -0.0400. The average Bonchev–Trinajstić information content (AvgIpc) is 2.47. The highest BCUT2D eigenvalue weighted by molar-refractivity contribution is 4.87. The summed E-state index contributed by atoms with van der Waals surface area (Å²) in [6.07, 6.45) is 14.0. The molecule has 2 fully saturated rings. The monoisotopic (exact) mass is 252 g/mol. The van der Waals surface area contributed by atoms with Crippen LogP contribution in [0.2, 0.25) is 0 Å². The van der Waals surface area contributed by atoms with Crippen LogP contribution in [0.5, 0.6) is 0 Å². The van der Waals surface area contributed by atoms with Gasteiger partial charge in [-0.15, -0.1) is 0 Å². The maximum Gasteiger partial charge on any atom is 0.0459 e. The van der Waals surface area contributed by atoms with Gasteiger partial charge in [0, 0.05) is 6.61 Å². The molecule has 0 unspecified atom stereocenters. The Kier molecular flexibility index (Phi) is 5.12. The summed E-state index contributed by atoms with van der Waals surface area (Å²) in [4.78, 5) is 0. The van der Waals surface area contributed by atoms with Gasteiger partial charge in [-0.1, -0.05) is 26.7 Å². The molecule has 1 nitrogen and oxygen atoms in total. The van der Waals surface area contributed by atoms with E-state index in [-0.39, 0.29) is 0 Å². The van der Waals surface area contributed by atoms with Crippen molar-refractivity contribution in [1.82, 2.24) is 0 Å². The van der Waals surface area contributed by atoms with Crippen LogP contribution in [0.15, 0.2) is 0 Å². The molecular weight excluding hydrogens is 220 g/mol. The third-order valence-corrected chi connectivity index (χ3v) is 6.41. The number of hydrogen-bond acceptors (Lipinski definition) is 1. The molecule has 2 aliphatic rings. The fourth-order valence-electron chi connectivity index (χ4n) is 4.52. The van der Waals surface area contributed by atoms with E-state index in [2.05, 4.69) is 13.8 Å². The summed E-state index contributed by atoms with van der Waals surface area (Å²) in [5.74, 6) is 2.62. The standard InChI is InChI=1S/C17H32O/c1-3-17(4-2)11-9-16(10-12-17)15-7-5-14(13-18)6-8-15/h14-16,18H,3-13H2,1-2H3. The Morgan fingerprint density at radius 3 is 1.78 bits per heavy atom. The lowest BCUT2D eigenvalue weighted by atomic mass is 9.63. The van der Waals surface area contributed by atoms with Crippen molar-refractivity contribution in [3.8, 4) is 0 Å². The molecule has 0 amide bonds. The predicted octanol–water partition coefficient (Wildman–Crippen LogP) is 4.78. The molecule has 2 saturated carbocycles. The van der Waals surface area contributed by atoms with Gasteiger partial charge in [-0.2, -0.15) is 0 Å². The largest absolute Gasteiger partial charge is 0.396 e. The van der Waals surface area contributed by atoms with Crippen molar-refractivity contribution in [1.29, 1.82) is 0 Å². The van der Waals surface area contributed by atoms with Crippen LogP contribution in [-0.2, 0) is 0 Å². The first kappa shape index (κ1) is 14.4. The highest BCUT2D eigenvalue weighted by Gasteiger charge is 2.36. The summed E-state index contributed by atoms with van der Waals surface area (Å²) in [5.41, 5.74) is 0.693. The van der Waals surface area contributed by atoms with Crippen LogP contribution < -0.4 is 0 Å². The average molecular weight is 252 g/mol. The molecule has 0 atom stereocenters. The van der Waals surface area contributed by atoms with Crippen LogP contribution in [0, 0.1) is 23.2 Å². The van der Waals surface area contributed by atoms with E-state index >= 15 is 0 Å². The summed E-state index contributed by atoms with van der Waals surface area (Å²) in [7, 11) is 0. The summed E-state index contributed by atoms with van der Waals surface area (Å²) >= 11 is 0. The van der Waals surface area contributed by atoms with Crippen LogP contribution in [0.4, 0.5) is 0 Å². The van der Waals surface area contributed by atoms with Gasteiger partial charge in [-0.05, 0) is 74.5 Å². The van der Waals surface area contributed by atoms with Gasteiger partial charge < -0.3 is 5.11 Å². The van der Waals surface area contributed by atoms with Crippen molar-refractivity contribution < 1.29 is 5.11 Å². The molecule has 0 radical (unpaired) electrons. The Balaban J connectivity index is 1.80. The highest BCUT2D eigenvalue weighted by atomic mass is 16.3. The van der Waals surface area contributed by atoms with Gasteiger partial charge in [-0.3, -0.25) is 0 Å². The highest BCUT2D eigenvalue weighted by Crippen LogP contribution is 2.48. The lowest BCUT2D eigenvalue weighted by Crippen LogP contribution is -2.31. The molecule has 2 rings (SSSR count). The summed E-state index contributed by atoms with van der Waals surface area (Å²) in [5, 5.41) is 9.22. The summed E-state index contributed by atoms with van der Waals surface area (Å²) < 4.78 is 0. The molecule has 0 aromatic carbocycles. The topological polar surface area (TPSA) is 20.2 Å². The smallest absolute Gasteiger partial charge is 0.0459 e. The lowest BCUT2D eigenvalue weighted by Gasteiger charge is -2.43. The van der Waals surface area contributed by atoms with Gasteiger partial charge in [-0.25, -0.2) is 0 Å². The Morgan fingerprint density at radius 1 is 0.833 bits per heavy atom. The molecule has 18 heavy (non-hydrogen) atoms. The zero-order chi connectivity index (χ0) is 13.0. The molecule has 0 spiro atoms. The van der Waals surface area contributed by atoms with Gasteiger partial charge in [0.15, 0.2) is 0 Å². The van der Waals surface area contributed by atoms with E-state index in [0.717, 1.165) is 11.8 Å². The molecule has 1 heteroatoms. The first-order valence-corrected chi connectivity index (χ1v) is 8.34. The van der Waals surface area contributed by atoms with E-state index in [1.807, 2.05) is 0 Å². The van der Waals surface area contributed by atoms with Gasteiger partial charge in [0.05, 0.1) is 0 Å². The first-order valence-electron chi connectivity index (χ1n) is 8.34. The quantitative estimate of drug-likeness (QED) is 0.763. The zero-order valence-electron chi connectivity index (χ0n) is 12.5. The molecule has 2 aliphatic carbocycles. The third kappa shape index (κ3) is 3.10. The van der Waals surface area contributed by atoms with Crippen LogP contribution in [0.1, 0.15) is 78.1 Å². The Labute approximate surface area is 113 Å². The molecule has 0 aromatic heterocycles. The molecule has 0 bridgehead atoms. The van der Waals surface area contributed by atoms with Crippen LogP contribution in [-0.4, -0.2) is 11.7 Å². The summed E-state index contributed by atoms with van der Waals surface area (Å²) in [6.45, 7) is 5.19. The van der Waals surface area contributed by atoms with Crippen molar-refractivity contribution in [3.63, 3.8) is 0 Å². The first-order chi connectivity index (χ1) is 8.73. The van der Waals surface area contributed by atoms with Crippen LogP contribution >= 0.6 is 0 Å². The maximum absolute atomic E-state index is 9.22.